The van der Waals surface area contributed by atoms with Gasteiger partial charge in [-0.15, -0.1) is 0 Å². The summed E-state index contributed by atoms with van der Waals surface area (Å²) in [6.07, 6.45) is -1.01. The number of esters is 1. The molecule has 0 atom stereocenters. The van der Waals surface area contributed by atoms with Gasteiger partial charge in [0.25, 0.3) is 0 Å². The van der Waals surface area contributed by atoms with Crippen molar-refractivity contribution in [3.8, 4) is 0 Å². The molecule has 0 aliphatic carbocycles. The van der Waals surface area contributed by atoms with E-state index in [0.29, 0.717) is 5.70 Å². The quantitative estimate of drug-likeness (QED) is 0.446. The molecule has 8 nitrogen and oxygen atoms in total. The van der Waals surface area contributed by atoms with Crippen LogP contribution in [0.2, 0.25) is 0 Å². The van der Waals surface area contributed by atoms with Crippen LogP contribution in [0.15, 0.2) is 42.1 Å². The van der Waals surface area contributed by atoms with Crippen molar-refractivity contribution in [3.63, 3.8) is 0 Å². The van der Waals surface area contributed by atoms with Crippen LogP contribution in [0.25, 0.3) is 0 Å². The topological polar surface area (TPSA) is 85.4 Å². The van der Waals surface area contributed by atoms with Crippen molar-refractivity contribution < 1.29 is 28.6 Å². The van der Waals surface area contributed by atoms with Crippen LogP contribution >= 0.6 is 0 Å². The fourth-order valence-corrected chi connectivity index (χ4v) is 2.26. The summed E-state index contributed by atoms with van der Waals surface area (Å²) in [6, 6.07) is 9.22. The third kappa shape index (κ3) is 5.73. The molecule has 146 valence electrons. The van der Waals surface area contributed by atoms with Gasteiger partial charge in [0.1, 0.15) is 6.61 Å². The van der Waals surface area contributed by atoms with E-state index in [2.05, 4.69) is 0 Å². The van der Waals surface area contributed by atoms with Crippen LogP contribution in [0.3, 0.4) is 0 Å². The van der Waals surface area contributed by atoms with Crippen molar-refractivity contribution in [1.29, 1.82) is 0 Å². The number of carbonyl (C=O) groups is 3. The number of benzene rings is 1. The molecule has 2 amide bonds. The van der Waals surface area contributed by atoms with Gasteiger partial charge >= 0.3 is 18.2 Å². The highest BCUT2D eigenvalue weighted by Crippen LogP contribution is 2.25. The van der Waals surface area contributed by atoms with Gasteiger partial charge in [0.2, 0.25) is 0 Å². The summed E-state index contributed by atoms with van der Waals surface area (Å²) in [5.74, 6) is -0.618. The predicted molar refractivity (Wildman–Crippen MR) is 96.1 cm³/mol. The van der Waals surface area contributed by atoms with E-state index in [-0.39, 0.29) is 25.4 Å². The van der Waals surface area contributed by atoms with Crippen molar-refractivity contribution in [2.24, 2.45) is 0 Å². The van der Waals surface area contributed by atoms with Gasteiger partial charge in [0, 0.05) is 6.08 Å². The van der Waals surface area contributed by atoms with Gasteiger partial charge in [-0.05, 0) is 33.3 Å². The first-order valence-corrected chi connectivity index (χ1v) is 8.68. The summed E-state index contributed by atoms with van der Waals surface area (Å²) < 4.78 is 15.4. The Morgan fingerprint density at radius 3 is 2.19 bits per heavy atom. The monoisotopic (exact) mass is 376 g/mol. The standard InChI is InChI=1S/C19H24N2O6/c1-13(2)26-18(23)20-11-16(21(20)19(24)27-14(3)4)10-17(22)25-12-15-8-6-5-7-9-15/h5-10,13-14H,11-12H2,1-4H3/b16-10+. The average molecular weight is 376 g/mol. The minimum Gasteiger partial charge on any atom is -0.458 e. The van der Waals surface area contributed by atoms with Gasteiger partial charge in [-0.2, -0.15) is 5.01 Å². The zero-order valence-corrected chi connectivity index (χ0v) is 15.9. The lowest BCUT2D eigenvalue weighted by Crippen LogP contribution is -2.61. The van der Waals surface area contributed by atoms with E-state index in [1.807, 2.05) is 30.3 Å². The largest absolute Gasteiger partial charge is 0.458 e. The molecular formula is C19H24N2O6. The van der Waals surface area contributed by atoms with Crippen molar-refractivity contribution in [2.75, 3.05) is 6.54 Å². The Hall–Kier alpha value is -3.03. The second kappa shape index (κ2) is 9.07. The third-order valence-electron chi connectivity index (χ3n) is 3.39. The molecule has 0 aromatic heterocycles. The molecule has 1 aromatic carbocycles. The van der Waals surface area contributed by atoms with Gasteiger partial charge < -0.3 is 14.2 Å². The van der Waals surface area contributed by atoms with Crippen LogP contribution in [0.4, 0.5) is 9.59 Å². The maximum atomic E-state index is 12.3. The Kier molecular flexibility index (Phi) is 6.81. The SMILES string of the molecule is CC(C)OC(=O)N1C/C(=C\C(=O)OCc2ccccc2)N1C(=O)OC(C)C. The van der Waals surface area contributed by atoms with Crippen LogP contribution < -0.4 is 0 Å². The minimum absolute atomic E-state index is 0.0409. The lowest BCUT2D eigenvalue weighted by Gasteiger charge is -2.43. The van der Waals surface area contributed by atoms with Crippen LogP contribution in [-0.2, 0) is 25.6 Å². The normalized spacial score (nSPS) is 15.0. The molecule has 0 radical (unpaired) electrons. The van der Waals surface area contributed by atoms with E-state index in [9.17, 15) is 14.4 Å². The van der Waals surface area contributed by atoms with Gasteiger partial charge in [-0.1, -0.05) is 30.3 Å². The first kappa shape index (κ1) is 20.3. The third-order valence-corrected chi connectivity index (χ3v) is 3.39. The molecule has 1 aliphatic heterocycles. The summed E-state index contributed by atoms with van der Waals surface area (Å²) in [5, 5.41) is 2.05. The second-order valence-corrected chi connectivity index (χ2v) is 6.46. The maximum Gasteiger partial charge on any atom is 0.433 e. The van der Waals surface area contributed by atoms with E-state index >= 15 is 0 Å². The summed E-state index contributed by atoms with van der Waals surface area (Å²) in [4.78, 5) is 36.4. The second-order valence-electron chi connectivity index (χ2n) is 6.46. The number of hydrogen-bond donors (Lipinski definition) is 0. The lowest BCUT2D eigenvalue weighted by atomic mass is 10.2. The van der Waals surface area contributed by atoms with E-state index in [1.54, 1.807) is 27.7 Å². The molecule has 1 aliphatic rings. The fourth-order valence-electron chi connectivity index (χ4n) is 2.26. The van der Waals surface area contributed by atoms with Crippen molar-refractivity contribution in [3.05, 3.63) is 47.7 Å². The van der Waals surface area contributed by atoms with Crippen molar-refractivity contribution >= 4 is 18.2 Å². The van der Waals surface area contributed by atoms with Gasteiger partial charge in [-0.25, -0.2) is 19.4 Å². The number of hydrogen-bond acceptors (Lipinski definition) is 6. The van der Waals surface area contributed by atoms with Crippen LogP contribution in [0.5, 0.6) is 0 Å². The number of rotatable bonds is 5. The molecule has 1 fully saturated rings. The van der Waals surface area contributed by atoms with Gasteiger partial charge in [0.05, 0.1) is 24.4 Å². The van der Waals surface area contributed by atoms with Crippen LogP contribution in [0.1, 0.15) is 33.3 Å². The Balaban J connectivity index is 2.04. The number of nitrogens with zero attached hydrogens (tertiary/aromatic N) is 2. The number of ether oxygens (including phenoxy) is 3. The highest BCUT2D eigenvalue weighted by molar-refractivity contribution is 5.86. The molecular weight excluding hydrogens is 352 g/mol. The smallest absolute Gasteiger partial charge is 0.433 e. The Labute approximate surface area is 158 Å². The molecule has 0 bridgehead atoms. The lowest BCUT2D eigenvalue weighted by molar-refractivity contribution is -0.139. The summed E-state index contributed by atoms with van der Waals surface area (Å²) >= 11 is 0. The molecule has 1 heterocycles. The van der Waals surface area contributed by atoms with Gasteiger partial charge in [0.15, 0.2) is 0 Å². The summed E-state index contributed by atoms with van der Waals surface area (Å²) in [7, 11) is 0. The Bertz CT molecular complexity index is 714. The molecule has 0 N–H and O–H groups in total. The molecule has 0 saturated carbocycles. The van der Waals surface area contributed by atoms with E-state index in [1.165, 1.54) is 6.08 Å². The van der Waals surface area contributed by atoms with Crippen LogP contribution in [-0.4, -0.2) is 46.9 Å². The Morgan fingerprint density at radius 1 is 1.00 bits per heavy atom. The average Bonchev–Trinajstić information content (AvgIpc) is 2.55. The van der Waals surface area contributed by atoms with Crippen molar-refractivity contribution in [1.82, 2.24) is 10.0 Å². The van der Waals surface area contributed by atoms with Crippen molar-refractivity contribution in [2.45, 2.75) is 46.5 Å². The Morgan fingerprint density at radius 2 is 1.59 bits per heavy atom. The number of hydrazine groups is 1. The molecule has 1 saturated heterocycles. The first-order valence-electron chi connectivity index (χ1n) is 8.68. The summed E-state index contributed by atoms with van der Waals surface area (Å²) in [5.41, 5.74) is 1.13. The molecule has 8 heteroatoms. The molecule has 0 spiro atoms. The molecule has 1 aromatic rings. The molecule has 0 unspecified atom stereocenters. The van der Waals surface area contributed by atoms with E-state index in [0.717, 1.165) is 15.6 Å². The van der Waals surface area contributed by atoms with Gasteiger partial charge in [-0.3, -0.25) is 0 Å². The van der Waals surface area contributed by atoms with E-state index in [4.69, 9.17) is 14.2 Å². The number of amides is 2. The van der Waals surface area contributed by atoms with E-state index < -0.39 is 18.2 Å². The highest BCUT2D eigenvalue weighted by atomic mass is 16.6. The number of carbonyl (C=O) groups excluding carboxylic acids is 3. The highest BCUT2D eigenvalue weighted by Gasteiger charge is 2.42. The minimum atomic E-state index is -0.765. The zero-order valence-electron chi connectivity index (χ0n) is 15.9. The fraction of sp³-hybridized carbons (Fsp3) is 0.421. The molecule has 2 rings (SSSR count). The zero-order chi connectivity index (χ0) is 20.0. The summed E-state index contributed by atoms with van der Waals surface area (Å²) in [6.45, 7) is 6.93. The van der Waals surface area contributed by atoms with Crippen LogP contribution in [0, 0.1) is 0 Å². The molecule has 27 heavy (non-hydrogen) atoms. The maximum absolute atomic E-state index is 12.3. The predicted octanol–water partition coefficient (Wildman–Crippen LogP) is 3.24. The first-order chi connectivity index (χ1) is 12.8.